The fourth-order valence-corrected chi connectivity index (χ4v) is 7.56. The highest BCUT2D eigenvalue weighted by Gasteiger charge is 2.68. The van der Waals surface area contributed by atoms with E-state index in [1.807, 2.05) is 66.7 Å². The highest BCUT2D eigenvalue weighted by atomic mass is 79.9. The fraction of sp³-hybridized carbons (Fsp3) is 0.290. The van der Waals surface area contributed by atoms with Gasteiger partial charge in [0, 0.05) is 12.3 Å². The number of para-hydroxylation sites is 1. The molecule has 2 aliphatic heterocycles. The Morgan fingerprint density at radius 3 is 2.07 bits per heavy atom. The van der Waals surface area contributed by atoms with Gasteiger partial charge in [0.2, 0.25) is 5.91 Å². The molecule has 3 aromatic rings. The van der Waals surface area contributed by atoms with Crippen molar-refractivity contribution < 1.29 is 33.4 Å². The van der Waals surface area contributed by atoms with Crippen molar-refractivity contribution >= 4 is 51.4 Å². The molecular weight excluding hydrogens is 624 g/mol. The quantitative estimate of drug-likeness (QED) is 0.189. The van der Waals surface area contributed by atoms with Crippen LogP contribution in [0.25, 0.3) is 0 Å². The van der Waals surface area contributed by atoms with E-state index in [-0.39, 0.29) is 18.5 Å². The Hall–Kier alpha value is -3.83. The van der Waals surface area contributed by atoms with Crippen molar-refractivity contribution in [2.24, 2.45) is 0 Å². The SMILES string of the molecule is CC(=O)OCC1(CBr)SC2C(NC(=O)COc3ccccc3)C(=O)N2C1C(=O)OC(c1ccccc1)c1ccccc1. The van der Waals surface area contributed by atoms with Gasteiger partial charge < -0.3 is 24.4 Å². The Labute approximate surface area is 256 Å². The summed E-state index contributed by atoms with van der Waals surface area (Å²) >= 11 is 4.81. The molecule has 1 N–H and O–H groups in total. The Balaban J connectivity index is 1.38. The van der Waals surface area contributed by atoms with Crippen molar-refractivity contribution in [2.75, 3.05) is 18.5 Å². The third kappa shape index (κ3) is 6.17. The number of esters is 2. The average Bonchev–Trinajstić information content (AvgIpc) is 3.33. The first-order chi connectivity index (χ1) is 20.3. The predicted octanol–water partition coefficient (Wildman–Crippen LogP) is 3.86. The molecule has 4 unspecified atom stereocenters. The first-order valence-electron chi connectivity index (χ1n) is 13.3. The minimum absolute atomic E-state index is 0.141. The molecule has 5 rings (SSSR count). The lowest BCUT2D eigenvalue weighted by molar-refractivity contribution is -0.168. The Morgan fingerprint density at radius 1 is 0.952 bits per heavy atom. The number of ether oxygens (including phenoxy) is 3. The molecule has 0 bridgehead atoms. The molecule has 2 heterocycles. The number of rotatable bonds is 11. The van der Waals surface area contributed by atoms with Crippen LogP contribution in [0.15, 0.2) is 91.0 Å². The summed E-state index contributed by atoms with van der Waals surface area (Å²) in [4.78, 5) is 53.4. The molecule has 11 heteroatoms. The molecule has 9 nitrogen and oxygen atoms in total. The minimum Gasteiger partial charge on any atom is -0.484 e. The largest absolute Gasteiger partial charge is 0.484 e. The summed E-state index contributed by atoms with van der Waals surface area (Å²) in [6, 6.07) is 25.6. The Kier molecular flexibility index (Phi) is 9.18. The number of halogens is 1. The van der Waals surface area contributed by atoms with Crippen molar-refractivity contribution in [1.29, 1.82) is 0 Å². The van der Waals surface area contributed by atoms with Crippen molar-refractivity contribution in [1.82, 2.24) is 10.2 Å². The molecule has 3 aromatic carbocycles. The van der Waals surface area contributed by atoms with E-state index >= 15 is 0 Å². The van der Waals surface area contributed by atoms with Crippen LogP contribution in [-0.2, 0) is 28.7 Å². The van der Waals surface area contributed by atoms with Crippen LogP contribution in [0, 0.1) is 0 Å². The number of nitrogens with one attached hydrogen (secondary N) is 1. The van der Waals surface area contributed by atoms with Crippen LogP contribution in [-0.4, -0.2) is 69.4 Å². The third-order valence-electron chi connectivity index (χ3n) is 7.05. The number of fused-ring (bicyclic) bond motifs is 1. The molecule has 4 atom stereocenters. The van der Waals surface area contributed by atoms with Gasteiger partial charge in [-0.2, -0.15) is 0 Å². The van der Waals surface area contributed by atoms with E-state index in [2.05, 4.69) is 21.2 Å². The molecule has 2 saturated heterocycles. The molecule has 218 valence electrons. The molecule has 0 radical (unpaired) electrons. The summed E-state index contributed by atoms with van der Waals surface area (Å²) in [5, 5.41) is 2.38. The fourth-order valence-electron chi connectivity index (χ4n) is 5.03. The van der Waals surface area contributed by atoms with Crippen LogP contribution in [0.4, 0.5) is 0 Å². The van der Waals surface area contributed by atoms with E-state index in [4.69, 9.17) is 14.2 Å². The van der Waals surface area contributed by atoms with Crippen LogP contribution in [0.5, 0.6) is 5.75 Å². The zero-order valence-electron chi connectivity index (χ0n) is 22.7. The van der Waals surface area contributed by atoms with Gasteiger partial charge >= 0.3 is 11.9 Å². The number of hydrogen-bond donors (Lipinski definition) is 1. The van der Waals surface area contributed by atoms with E-state index < -0.39 is 52.1 Å². The summed E-state index contributed by atoms with van der Waals surface area (Å²) in [5.74, 6) is -1.53. The first-order valence-corrected chi connectivity index (χ1v) is 15.3. The molecule has 2 fully saturated rings. The van der Waals surface area contributed by atoms with Gasteiger partial charge in [0.1, 0.15) is 29.8 Å². The van der Waals surface area contributed by atoms with Crippen LogP contribution < -0.4 is 10.1 Å². The second kappa shape index (κ2) is 13.0. The standard InChI is InChI=1S/C31H29BrN2O7S/c1-20(35)40-19-31(18-32)27(30(38)41-26(21-11-5-2-6-12-21)22-13-7-3-8-14-22)34-28(37)25(29(34)42-31)33-24(36)17-39-23-15-9-4-10-16-23/h2-16,25-27,29H,17-19H2,1H3,(H,33,36). The highest BCUT2D eigenvalue weighted by Crippen LogP contribution is 2.53. The summed E-state index contributed by atoms with van der Waals surface area (Å²) in [7, 11) is 0. The number of hydrogen-bond acceptors (Lipinski definition) is 8. The summed E-state index contributed by atoms with van der Waals surface area (Å²) in [5.41, 5.74) is 1.53. The van der Waals surface area contributed by atoms with Gasteiger partial charge in [-0.15, -0.1) is 11.8 Å². The molecular formula is C31H29BrN2O7S. The highest BCUT2D eigenvalue weighted by molar-refractivity contribution is 9.09. The lowest BCUT2D eigenvalue weighted by Gasteiger charge is -2.44. The van der Waals surface area contributed by atoms with Crippen molar-refractivity contribution in [3.05, 3.63) is 102 Å². The van der Waals surface area contributed by atoms with Gasteiger partial charge in [0.25, 0.3) is 5.91 Å². The normalized spacial score (nSPS) is 22.6. The number of benzene rings is 3. The lowest BCUT2D eigenvalue weighted by atomic mass is 9.94. The second-order valence-electron chi connectivity index (χ2n) is 9.92. The zero-order chi connectivity index (χ0) is 29.7. The second-order valence-corrected chi connectivity index (χ2v) is 12.0. The molecule has 42 heavy (non-hydrogen) atoms. The maximum atomic E-state index is 14.0. The topological polar surface area (TPSA) is 111 Å². The van der Waals surface area contributed by atoms with E-state index in [9.17, 15) is 19.2 Å². The van der Waals surface area contributed by atoms with Crippen molar-refractivity contribution in [3.63, 3.8) is 0 Å². The van der Waals surface area contributed by atoms with Crippen LogP contribution in [0.1, 0.15) is 24.2 Å². The monoisotopic (exact) mass is 652 g/mol. The van der Waals surface area contributed by atoms with Gasteiger partial charge in [-0.3, -0.25) is 14.4 Å². The van der Waals surface area contributed by atoms with Crippen LogP contribution in [0.3, 0.4) is 0 Å². The summed E-state index contributed by atoms with van der Waals surface area (Å²) < 4.78 is 16.0. The van der Waals surface area contributed by atoms with E-state index in [1.165, 1.54) is 23.6 Å². The van der Waals surface area contributed by atoms with Gasteiger partial charge in [0.15, 0.2) is 12.7 Å². The molecule has 0 aliphatic carbocycles. The lowest BCUT2D eigenvalue weighted by Crippen LogP contribution is -2.71. The van der Waals surface area contributed by atoms with Gasteiger partial charge in [-0.25, -0.2) is 4.79 Å². The number of carbonyl (C=O) groups is 4. The minimum atomic E-state index is -1.08. The molecule has 0 spiro atoms. The third-order valence-corrected chi connectivity index (χ3v) is 10.1. The van der Waals surface area contributed by atoms with E-state index in [0.717, 1.165) is 11.1 Å². The Morgan fingerprint density at radius 2 is 1.52 bits per heavy atom. The maximum Gasteiger partial charge on any atom is 0.331 e. The number of carbonyl (C=O) groups excluding carboxylic acids is 4. The van der Waals surface area contributed by atoms with Crippen LogP contribution in [0.2, 0.25) is 0 Å². The van der Waals surface area contributed by atoms with E-state index in [1.54, 1.807) is 24.3 Å². The number of β-lactam (4-membered cyclic amide) rings is 1. The number of amides is 2. The zero-order valence-corrected chi connectivity index (χ0v) is 25.1. The number of alkyl halides is 1. The van der Waals surface area contributed by atoms with Gasteiger partial charge in [-0.1, -0.05) is 94.8 Å². The average molecular weight is 654 g/mol. The maximum absolute atomic E-state index is 14.0. The first kappa shape index (κ1) is 29.7. The van der Waals surface area contributed by atoms with E-state index in [0.29, 0.717) is 5.75 Å². The summed E-state index contributed by atoms with van der Waals surface area (Å²) in [6.45, 7) is 0.868. The van der Waals surface area contributed by atoms with Crippen LogP contribution >= 0.6 is 27.7 Å². The van der Waals surface area contributed by atoms with Gasteiger partial charge in [-0.05, 0) is 23.3 Å². The Bertz CT molecular complexity index is 1390. The van der Waals surface area contributed by atoms with Gasteiger partial charge in [0.05, 0.1) is 4.75 Å². The van der Waals surface area contributed by atoms with Crippen molar-refractivity contribution in [2.45, 2.75) is 35.2 Å². The molecule has 0 aromatic heterocycles. The number of nitrogens with zero attached hydrogens (tertiary/aromatic N) is 1. The molecule has 0 saturated carbocycles. The molecule has 2 aliphatic rings. The molecule has 2 amide bonds. The predicted molar refractivity (Wildman–Crippen MR) is 160 cm³/mol. The summed E-state index contributed by atoms with van der Waals surface area (Å²) in [6.07, 6.45) is -0.729. The number of thioether (sulfide) groups is 1. The smallest absolute Gasteiger partial charge is 0.331 e. The van der Waals surface area contributed by atoms with Crippen molar-refractivity contribution in [3.8, 4) is 5.75 Å².